The first kappa shape index (κ1) is 25.3. The molecule has 2 heterocycles. The van der Waals surface area contributed by atoms with Crippen LogP contribution in [0.5, 0.6) is 5.75 Å². The molecular weight excluding hydrogens is 482 g/mol. The van der Waals surface area contributed by atoms with E-state index in [1.807, 2.05) is 31.2 Å². The van der Waals surface area contributed by atoms with Crippen molar-refractivity contribution in [3.05, 3.63) is 90.6 Å². The van der Waals surface area contributed by atoms with Crippen molar-refractivity contribution in [2.45, 2.75) is 26.0 Å². The lowest BCUT2D eigenvalue weighted by Gasteiger charge is -2.15. The Kier molecular flexibility index (Phi) is 7.44. The highest BCUT2D eigenvalue weighted by atomic mass is 16.6. The van der Waals surface area contributed by atoms with E-state index >= 15 is 0 Å². The van der Waals surface area contributed by atoms with E-state index in [4.69, 9.17) is 4.74 Å². The van der Waals surface area contributed by atoms with Gasteiger partial charge in [0.05, 0.1) is 17.7 Å². The van der Waals surface area contributed by atoms with Gasteiger partial charge in [0, 0.05) is 24.7 Å². The highest BCUT2D eigenvalue weighted by Crippen LogP contribution is 2.18. The Morgan fingerprint density at radius 2 is 2.03 bits per heavy atom. The van der Waals surface area contributed by atoms with E-state index in [0.29, 0.717) is 11.3 Å². The third-order valence-electron chi connectivity index (χ3n) is 5.63. The molecule has 0 radical (unpaired) electrons. The van der Waals surface area contributed by atoms with Gasteiger partial charge in [0.25, 0.3) is 11.2 Å². The molecule has 0 aliphatic rings. The fraction of sp³-hybridized carbons (Fsp3) is 0.250. The molecule has 2 aromatic carbocycles. The molecule has 0 aliphatic heterocycles. The van der Waals surface area contributed by atoms with E-state index in [1.54, 1.807) is 6.07 Å². The fourth-order valence-corrected chi connectivity index (χ4v) is 3.66. The Hall–Kier alpha value is -4.78. The van der Waals surface area contributed by atoms with Gasteiger partial charge in [-0.1, -0.05) is 31.2 Å². The molecule has 3 N–H and O–H groups in total. The second-order valence-corrected chi connectivity index (χ2v) is 8.22. The van der Waals surface area contributed by atoms with Gasteiger partial charge < -0.3 is 14.4 Å². The number of aliphatic hydroxyl groups is 1. The lowest BCUT2D eigenvalue weighted by Crippen LogP contribution is -2.30. The number of benzene rings is 2. The summed E-state index contributed by atoms with van der Waals surface area (Å²) in [5.41, 5.74) is 3.04. The van der Waals surface area contributed by atoms with Crippen LogP contribution in [0.15, 0.2) is 63.2 Å². The number of aromatic nitrogens is 4. The molecule has 192 valence electrons. The van der Waals surface area contributed by atoms with Crippen LogP contribution in [0.1, 0.15) is 18.1 Å². The monoisotopic (exact) mass is 507 g/mol. The standard InChI is InChI=1S/C24H25N7O6/c1-3-15-7-9-19(10-8-15)37-14-18(32)13-30-20-21(29(2)24(34)27-22(20)33)26-23(30)28-25-12-16-5-4-6-17(11-16)31(35)36/h4-12,18,32H,3,13-14H2,1-2H3,(H,26,28)(H,27,33,34)/b25-12-/t18-/m1/s1. The number of fused-ring (bicyclic) bond motifs is 1. The average Bonchev–Trinajstić information content (AvgIpc) is 3.25. The number of aryl methyl sites for hydroxylation is 2. The van der Waals surface area contributed by atoms with Crippen LogP contribution < -0.4 is 21.4 Å². The van der Waals surface area contributed by atoms with Gasteiger partial charge in [-0.15, -0.1) is 0 Å². The first-order chi connectivity index (χ1) is 17.8. The number of aliphatic hydroxyl groups excluding tert-OH is 1. The summed E-state index contributed by atoms with van der Waals surface area (Å²) < 4.78 is 8.24. The Morgan fingerprint density at radius 1 is 1.27 bits per heavy atom. The average molecular weight is 508 g/mol. The van der Waals surface area contributed by atoms with Gasteiger partial charge in [-0.2, -0.15) is 10.1 Å². The number of non-ortho nitro benzene ring substituents is 1. The van der Waals surface area contributed by atoms with E-state index < -0.39 is 22.3 Å². The van der Waals surface area contributed by atoms with Crippen molar-refractivity contribution in [1.29, 1.82) is 0 Å². The number of nitro benzene ring substituents is 1. The van der Waals surface area contributed by atoms with Gasteiger partial charge in [0.2, 0.25) is 5.95 Å². The molecule has 4 aromatic rings. The molecule has 13 heteroatoms. The molecule has 0 saturated carbocycles. The minimum atomic E-state index is -1.04. The number of hydrogen-bond donors (Lipinski definition) is 3. The Labute approximate surface area is 209 Å². The van der Waals surface area contributed by atoms with Gasteiger partial charge in [0.15, 0.2) is 11.2 Å². The third-order valence-corrected chi connectivity index (χ3v) is 5.63. The maximum absolute atomic E-state index is 12.6. The third kappa shape index (κ3) is 5.73. The number of imidazole rings is 1. The number of anilines is 1. The largest absolute Gasteiger partial charge is 0.491 e. The van der Waals surface area contributed by atoms with Crippen LogP contribution in [0.4, 0.5) is 11.6 Å². The Balaban J connectivity index is 1.59. The molecule has 2 aromatic heterocycles. The van der Waals surface area contributed by atoms with Gasteiger partial charge in [0.1, 0.15) is 18.5 Å². The van der Waals surface area contributed by atoms with Gasteiger partial charge in [-0.05, 0) is 24.1 Å². The van der Waals surface area contributed by atoms with Crippen LogP contribution in [0, 0.1) is 10.1 Å². The maximum atomic E-state index is 12.6. The molecule has 0 amide bonds. The van der Waals surface area contributed by atoms with Crippen LogP contribution in [0.2, 0.25) is 0 Å². The summed E-state index contributed by atoms with van der Waals surface area (Å²) in [5, 5.41) is 25.8. The van der Waals surface area contributed by atoms with Crippen LogP contribution in [0.3, 0.4) is 0 Å². The number of hydrogen-bond acceptors (Lipinski definition) is 9. The topological polar surface area (TPSA) is 170 Å². The molecule has 0 fully saturated rings. The van der Waals surface area contributed by atoms with E-state index in [0.717, 1.165) is 12.0 Å². The number of nitro groups is 1. The maximum Gasteiger partial charge on any atom is 0.329 e. The summed E-state index contributed by atoms with van der Waals surface area (Å²) in [6, 6.07) is 13.4. The molecule has 1 atom stereocenters. The highest BCUT2D eigenvalue weighted by molar-refractivity contribution is 5.81. The van der Waals surface area contributed by atoms with Crippen LogP contribution in [-0.2, 0) is 20.0 Å². The Morgan fingerprint density at radius 3 is 2.73 bits per heavy atom. The number of nitrogens with zero attached hydrogens (tertiary/aromatic N) is 5. The number of hydrazone groups is 1. The summed E-state index contributed by atoms with van der Waals surface area (Å²) in [4.78, 5) is 41.7. The SMILES string of the molecule is CCc1ccc(OC[C@H](O)Cn2c(N/N=C\c3cccc([N+](=O)[O-])c3)nc3c2c(=O)[nH]c(=O)n3C)cc1. The molecule has 0 unspecified atom stereocenters. The van der Waals surface area contributed by atoms with Gasteiger partial charge >= 0.3 is 5.69 Å². The van der Waals surface area contributed by atoms with E-state index in [-0.39, 0.29) is 36.0 Å². The summed E-state index contributed by atoms with van der Waals surface area (Å²) in [6.45, 7) is 1.89. The first-order valence-electron chi connectivity index (χ1n) is 11.4. The van der Waals surface area contributed by atoms with E-state index in [1.165, 1.54) is 40.6 Å². The van der Waals surface area contributed by atoms with Crippen molar-refractivity contribution in [3.8, 4) is 5.75 Å². The van der Waals surface area contributed by atoms with E-state index in [2.05, 4.69) is 20.5 Å². The first-order valence-corrected chi connectivity index (χ1v) is 11.4. The zero-order valence-electron chi connectivity index (χ0n) is 20.1. The Bertz CT molecular complexity index is 1570. The van der Waals surface area contributed by atoms with Crippen molar-refractivity contribution < 1.29 is 14.8 Å². The smallest absolute Gasteiger partial charge is 0.329 e. The normalized spacial score (nSPS) is 12.2. The van der Waals surface area contributed by atoms with Crippen molar-refractivity contribution in [3.63, 3.8) is 0 Å². The molecule has 0 saturated heterocycles. The summed E-state index contributed by atoms with van der Waals surface area (Å²) in [6.07, 6.45) is 1.20. The fourth-order valence-electron chi connectivity index (χ4n) is 3.66. The minimum absolute atomic E-state index is 0.0569. The number of nitrogens with one attached hydrogen (secondary N) is 2. The number of H-pyrrole nitrogens is 1. The summed E-state index contributed by atoms with van der Waals surface area (Å²) in [5.74, 6) is 0.668. The second kappa shape index (κ2) is 10.9. The lowest BCUT2D eigenvalue weighted by atomic mass is 10.2. The molecule has 13 nitrogen and oxygen atoms in total. The highest BCUT2D eigenvalue weighted by Gasteiger charge is 2.20. The summed E-state index contributed by atoms with van der Waals surface area (Å²) >= 11 is 0. The molecule has 0 spiro atoms. The molecular formula is C24H25N7O6. The quantitative estimate of drug-likeness (QED) is 0.166. The zero-order valence-corrected chi connectivity index (χ0v) is 20.1. The molecule has 0 aliphatic carbocycles. The number of aromatic amines is 1. The second-order valence-electron chi connectivity index (χ2n) is 8.22. The van der Waals surface area contributed by atoms with Crippen molar-refractivity contribution in [2.75, 3.05) is 12.0 Å². The predicted octanol–water partition coefficient (Wildman–Crippen LogP) is 1.78. The molecule has 0 bridgehead atoms. The van der Waals surface area contributed by atoms with Crippen molar-refractivity contribution >= 4 is 29.0 Å². The summed E-state index contributed by atoms with van der Waals surface area (Å²) in [7, 11) is 1.45. The van der Waals surface area contributed by atoms with Gasteiger partial charge in [-0.3, -0.25) is 24.5 Å². The van der Waals surface area contributed by atoms with Crippen LogP contribution in [-0.4, -0.2) is 48.1 Å². The van der Waals surface area contributed by atoms with E-state index in [9.17, 15) is 24.8 Å². The lowest BCUT2D eigenvalue weighted by molar-refractivity contribution is -0.384. The zero-order chi connectivity index (χ0) is 26.5. The predicted molar refractivity (Wildman–Crippen MR) is 137 cm³/mol. The number of ether oxygens (including phenoxy) is 1. The van der Waals surface area contributed by atoms with Crippen molar-refractivity contribution in [2.24, 2.45) is 12.1 Å². The number of rotatable bonds is 10. The van der Waals surface area contributed by atoms with Crippen molar-refractivity contribution in [1.82, 2.24) is 19.1 Å². The molecule has 4 rings (SSSR count). The van der Waals surface area contributed by atoms with Crippen LogP contribution >= 0.6 is 0 Å². The molecule has 37 heavy (non-hydrogen) atoms. The minimum Gasteiger partial charge on any atom is -0.491 e. The van der Waals surface area contributed by atoms with Crippen LogP contribution in [0.25, 0.3) is 11.2 Å². The van der Waals surface area contributed by atoms with Gasteiger partial charge in [-0.25, -0.2) is 10.2 Å².